The predicted octanol–water partition coefficient (Wildman–Crippen LogP) is 1.22. The zero-order valence-corrected chi connectivity index (χ0v) is 9.36. The second-order valence-corrected chi connectivity index (χ2v) is 4.14. The van der Waals surface area contributed by atoms with Gasteiger partial charge >= 0.3 is 0 Å². The second-order valence-electron chi connectivity index (χ2n) is 4.14. The van der Waals surface area contributed by atoms with E-state index in [1.165, 1.54) is 6.92 Å². The molecule has 1 aromatic rings. The maximum Gasteiger partial charge on any atom is 0.217 e. The van der Waals surface area contributed by atoms with E-state index < -0.39 is 0 Å². The molecule has 1 aromatic carbocycles. The molecule has 2 N–H and O–H groups in total. The number of hydrogen-bond donors (Lipinski definition) is 2. The van der Waals surface area contributed by atoms with Crippen molar-refractivity contribution in [3.05, 3.63) is 23.8 Å². The van der Waals surface area contributed by atoms with Gasteiger partial charge in [-0.05, 0) is 18.6 Å². The molecule has 4 heteroatoms. The zero-order valence-electron chi connectivity index (χ0n) is 9.36. The predicted molar refractivity (Wildman–Crippen MR) is 59.5 cm³/mol. The molecule has 0 fully saturated rings. The number of fused-ring (bicyclic) bond motifs is 1. The standard InChI is InChI=1S/C12H15NO3/c1-7(13-8(2)14)11-5-9-3-4-10(15)6-12(9)16-11/h3-4,6-7,11,15H,5H2,1-2H3,(H,13,14)/t7-,11-/m0/s1. The van der Waals surface area contributed by atoms with Crippen molar-refractivity contribution in [2.24, 2.45) is 0 Å². The molecule has 0 radical (unpaired) electrons. The smallest absolute Gasteiger partial charge is 0.217 e. The van der Waals surface area contributed by atoms with Crippen LogP contribution in [0.3, 0.4) is 0 Å². The number of amides is 1. The van der Waals surface area contributed by atoms with E-state index >= 15 is 0 Å². The van der Waals surface area contributed by atoms with Crippen LogP contribution in [0.4, 0.5) is 0 Å². The number of carbonyl (C=O) groups is 1. The van der Waals surface area contributed by atoms with Crippen LogP contribution < -0.4 is 10.1 Å². The number of phenols is 1. The molecule has 86 valence electrons. The number of rotatable bonds is 2. The first-order valence-electron chi connectivity index (χ1n) is 5.32. The van der Waals surface area contributed by atoms with Gasteiger partial charge in [0.05, 0.1) is 6.04 Å². The summed E-state index contributed by atoms with van der Waals surface area (Å²) in [5.74, 6) is 0.851. The zero-order chi connectivity index (χ0) is 11.7. The van der Waals surface area contributed by atoms with Crippen molar-refractivity contribution in [3.8, 4) is 11.5 Å². The summed E-state index contributed by atoms with van der Waals surface area (Å²) in [5, 5.41) is 12.1. The Morgan fingerprint density at radius 2 is 2.38 bits per heavy atom. The lowest BCUT2D eigenvalue weighted by Gasteiger charge is -2.19. The third-order valence-electron chi connectivity index (χ3n) is 2.74. The van der Waals surface area contributed by atoms with Crippen molar-refractivity contribution in [3.63, 3.8) is 0 Å². The van der Waals surface area contributed by atoms with Gasteiger partial charge in [0.1, 0.15) is 17.6 Å². The summed E-state index contributed by atoms with van der Waals surface area (Å²) in [5.41, 5.74) is 1.07. The van der Waals surface area contributed by atoms with Gasteiger partial charge in [0, 0.05) is 19.4 Å². The lowest BCUT2D eigenvalue weighted by atomic mass is 10.1. The van der Waals surface area contributed by atoms with Gasteiger partial charge in [0.2, 0.25) is 5.91 Å². The Bertz CT molecular complexity index is 417. The third-order valence-corrected chi connectivity index (χ3v) is 2.74. The molecule has 0 unspecified atom stereocenters. The summed E-state index contributed by atoms with van der Waals surface area (Å²) in [6.45, 7) is 3.40. The van der Waals surface area contributed by atoms with E-state index in [4.69, 9.17) is 4.74 Å². The Kier molecular flexibility index (Phi) is 2.73. The maximum absolute atomic E-state index is 10.9. The molecule has 1 heterocycles. The molecule has 0 saturated carbocycles. The SMILES string of the molecule is CC(=O)N[C@@H](C)[C@@H]1Cc2ccc(O)cc2O1. The van der Waals surface area contributed by atoms with Crippen molar-refractivity contribution in [2.75, 3.05) is 0 Å². The van der Waals surface area contributed by atoms with E-state index in [0.29, 0.717) is 5.75 Å². The highest BCUT2D eigenvalue weighted by Crippen LogP contribution is 2.32. The lowest BCUT2D eigenvalue weighted by molar-refractivity contribution is -0.120. The van der Waals surface area contributed by atoms with Gasteiger partial charge in [-0.15, -0.1) is 0 Å². The second kappa shape index (κ2) is 4.04. The minimum atomic E-state index is -0.0603. The van der Waals surface area contributed by atoms with Crippen LogP contribution in [-0.2, 0) is 11.2 Å². The van der Waals surface area contributed by atoms with Gasteiger partial charge in [0.25, 0.3) is 0 Å². The number of hydrogen-bond acceptors (Lipinski definition) is 3. The Morgan fingerprint density at radius 3 is 3.06 bits per heavy atom. The van der Waals surface area contributed by atoms with Gasteiger partial charge < -0.3 is 15.2 Å². The molecule has 0 saturated heterocycles. The van der Waals surface area contributed by atoms with Crippen LogP contribution in [0.1, 0.15) is 19.4 Å². The number of aromatic hydroxyl groups is 1. The first kappa shape index (κ1) is 10.8. The van der Waals surface area contributed by atoms with Gasteiger partial charge in [-0.1, -0.05) is 6.07 Å². The van der Waals surface area contributed by atoms with Gasteiger partial charge in [-0.2, -0.15) is 0 Å². The molecular formula is C12H15NO3. The molecule has 1 aliphatic heterocycles. The molecule has 0 aromatic heterocycles. The van der Waals surface area contributed by atoms with Crippen LogP contribution in [0.15, 0.2) is 18.2 Å². The van der Waals surface area contributed by atoms with Crippen LogP contribution in [0, 0.1) is 0 Å². The van der Waals surface area contributed by atoms with E-state index in [1.807, 2.05) is 13.0 Å². The quantitative estimate of drug-likeness (QED) is 0.789. The van der Waals surface area contributed by atoms with E-state index in [2.05, 4.69) is 5.32 Å². The molecule has 16 heavy (non-hydrogen) atoms. The van der Waals surface area contributed by atoms with Crippen LogP contribution in [-0.4, -0.2) is 23.2 Å². The summed E-state index contributed by atoms with van der Waals surface area (Å²) < 4.78 is 5.68. The Balaban J connectivity index is 2.07. The lowest BCUT2D eigenvalue weighted by Crippen LogP contribution is -2.42. The normalized spacial score (nSPS) is 19.8. The van der Waals surface area contributed by atoms with E-state index in [0.717, 1.165) is 12.0 Å². The Morgan fingerprint density at radius 1 is 1.62 bits per heavy atom. The minimum absolute atomic E-state index is 0.0351. The average Bonchev–Trinajstić information content (AvgIpc) is 2.59. The van der Waals surface area contributed by atoms with Gasteiger partial charge in [-0.3, -0.25) is 4.79 Å². The number of carbonyl (C=O) groups excluding carboxylic acids is 1. The van der Waals surface area contributed by atoms with Crippen molar-refractivity contribution in [1.29, 1.82) is 0 Å². The Labute approximate surface area is 94.2 Å². The highest BCUT2D eigenvalue weighted by atomic mass is 16.5. The van der Waals surface area contributed by atoms with Gasteiger partial charge in [-0.25, -0.2) is 0 Å². The molecule has 0 spiro atoms. The number of nitrogens with one attached hydrogen (secondary N) is 1. The minimum Gasteiger partial charge on any atom is -0.508 e. The van der Waals surface area contributed by atoms with Crippen LogP contribution in [0.25, 0.3) is 0 Å². The van der Waals surface area contributed by atoms with E-state index in [-0.39, 0.29) is 23.8 Å². The fraction of sp³-hybridized carbons (Fsp3) is 0.417. The van der Waals surface area contributed by atoms with E-state index in [9.17, 15) is 9.90 Å². The molecule has 4 nitrogen and oxygen atoms in total. The summed E-state index contributed by atoms with van der Waals surface area (Å²) in [6, 6.07) is 5.07. The molecule has 0 bridgehead atoms. The summed E-state index contributed by atoms with van der Waals surface area (Å²) >= 11 is 0. The topological polar surface area (TPSA) is 58.6 Å². The number of ether oxygens (including phenoxy) is 1. The fourth-order valence-corrected chi connectivity index (χ4v) is 1.94. The fourth-order valence-electron chi connectivity index (χ4n) is 1.94. The van der Waals surface area contributed by atoms with Crippen LogP contribution in [0.2, 0.25) is 0 Å². The first-order valence-corrected chi connectivity index (χ1v) is 5.32. The molecular weight excluding hydrogens is 206 g/mol. The van der Waals surface area contributed by atoms with E-state index in [1.54, 1.807) is 12.1 Å². The molecule has 1 amide bonds. The summed E-state index contributed by atoms with van der Waals surface area (Å²) in [7, 11) is 0. The molecule has 2 rings (SSSR count). The molecule has 1 aliphatic rings. The maximum atomic E-state index is 10.9. The largest absolute Gasteiger partial charge is 0.508 e. The van der Waals surface area contributed by atoms with Crippen molar-refractivity contribution in [2.45, 2.75) is 32.4 Å². The van der Waals surface area contributed by atoms with Gasteiger partial charge in [0.15, 0.2) is 0 Å². The van der Waals surface area contributed by atoms with Crippen LogP contribution >= 0.6 is 0 Å². The van der Waals surface area contributed by atoms with Crippen molar-refractivity contribution < 1.29 is 14.6 Å². The number of phenolic OH excluding ortho intramolecular Hbond substituents is 1. The summed E-state index contributed by atoms with van der Waals surface area (Å²) in [6.07, 6.45) is 0.706. The highest BCUT2D eigenvalue weighted by molar-refractivity contribution is 5.73. The van der Waals surface area contributed by atoms with Crippen molar-refractivity contribution >= 4 is 5.91 Å². The first-order chi connectivity index (χ1) is 7.56. The summed E-state index contributed by atoms with van der Waals surface area (Å²) in [4.78, 5) is 10.9. The van der Waals surface area contributed by atoms with Crippen LogP contribution in [0.5, 0.6) is 11.5 Å². The highest BCUT2D eigenvalue weighted by Gasteiger charge is 2.28. The molecule has 2 atom stereocenters. The number of benzene rings is 1. The third kappa shape index (κ3) is 2.10. The average molecular weight is 221 g/mol. The monoisotopic (exact) mass is 221 g/mol. The Hall–Kier alpha value is -1.71. The molecule has 0 aliphatic carbocycles. The van der Waals surface area contributed by atoms with Crippen molar-refractivity contribution in [1.82, 2.24) is 5.32 Å².